The summed E-state index contributed by atoms with van der Waals surface area (Å²) in [7, 11) is 0. The number of carbonyl (C=O) groups excluding carboxylic acids is 2. The van der Waals surface area contributed by atoms with Crippen LogP contribution >= 0.6 is 0 Å². The van der Waals surface area contributed by atoms with Crippen molar-refractivity contribution in [2.24, 2.45) is 118 Å². The highest BCUT2D eigenvalue weighted by molar-refractivity contribution is 5.76. The molecule has 10 heteroatoms. The first-order valence-electron chi connectivity index (χ1n) is 50.8. The Hall–Kier alpha value is -1.56. The molecule has 3 heterocycles. The molecule has 0 aliphatic carbocycles. The molecule has 0 aromatic heterocycles. The van der Waals surface area contributed by atoms with Crippen LogP contribution in [-0.2, 0) is 38.0 Å². The summed E-state index contributed by atoms with van der Waals surface area (Å²) in [5, 5.41) is 0. The van der Waals surface area contributed by atoms with Gasteiger partial charge in [0.05, 0.1) is 18.3 Å². The minimum absolute atomic E-state index is 0.00305. The van der Waals surface area contributed by atoms with Gasteiger partial charge in [-0.2, -0.15) is 0 Å². The molecule has 0 saturated carbocycles. The van der Waals surface area contributed by atoms with Gasteiger partial charge in [-0.15, -0.1) is 6.58 Å². The molecular weight excluding hydrogens is 1420 g/mol. The maximum atomic E-state index is 13.1. The molecule has 3 fully saturated rings. The second-order valence-corrected chi connectivity index (χ2v) is 40.1. The number of amides is 2. The first kappa shape index (κ1) is 113. The van der Waals surface area contributed by atoms with E-state index >= 15 is 0 Å². The van der Waals surface area contributed by atoms with Crippen LogP contribution in [0.3, 0.4) is 0 Å². The zero-order valence-corrected chi connectivity index (χ0v) is 83.2. The molecule has 686 valence electrons. The Morgan fingerprint density at radius 3 is 0.835 bits per heavy atom. The third-order valence-electron chi connectivity index (χ3n) is 28.5. The lowest BCUT2D eigenvalue weighted by Crippen LogP contribution is -2.45. The number of unbranched alkanes of at least 4 members (excludes halogenated alkanes) is 20. The van der Waals surface area contributed by atoms with Crippen LogP contribution in [0.5, 0.6) is 0 Å². The van der Waals surface area contributed by atoms with Crippen molar-refractivity contribution in [3.05, 3.63) is 12.2 Å². The SMILES string of the molecule is C=C(C)CCCCCCCCCOC1OC(CC)C(C)C(C)C1C.CCCCC(C(C(C)C)C(C)C)C(C(C)C)C(C)C.CCCCC(CCCN(CCC)C(=O)CCCCCCCCCOC1OC(CC)C(C)C(C)C1C)C(C(C)C)C(C)C.CCCN(CCC)C(=O)CCCCCCCCCOC1OC(CC)C(C)C(C)C1C. The van der Waals surface area contributed by atoms with Crippen LogP contribution in [0, 0.1) is 118 Å². The van der Waals surface area contributed by atoms with Gasteiger partial charge in [0.25, 0.3) is 0 Å². The molecule has 3 aliphatic rings. The van der Waals surface area contributed by atoms with E-state index in [0.29, 0.717) is 83.4 Å². The molecule has 0 aromatic carbocycles. The van der Waals surface area contributed by atoms with Crippen LogP contribution in [0.25, 0.3) is 0 Å². The molecular formula is C105H208N2O8. The van der Waals surface area contributed by atoms with Crippen LogP contribution in [0.1, 0.15) is 452 Å². The molecule has 0 radical (unpaired) electrons. The van der Waals surface area contributed by atoms with Gasteiger partial charge in [0, 0.05) is 76.6 Å². The third-order valence-corrected chi connectivity index (χ3v) is 28.5. The van der Waals surface area contributed by atoms with Crippen molar-refractivity contribution in [3.63, 3.8) is 0 Å². The minimum Gasteiger partial charge on any atom is -0.352 e. The Morgan fingerprint density at radius 2 is 0.565 bits per heavy atom. The van der Waals surface area contributed by atoms with Gasteiger partial charge < -0.3 is 38.2 Å². The van der Waals surface area contributed by atoms with Crippen molar-refractivity contribution in [3.8, 4) is 0 Å². The quantitative estimate of drug-likeness (QED) is 0.0439. The monoisotopic (exact) mass is 1630 g/mol. The van der Waals surface area contributed by atoms with Crippen molar-refractivity contribution < 1.29 is 38.0 Å². The van der Waals surface area contributed by atoms with Gasteiger partial charge in [-0.25, -0.2) is 0 Å². The number of allylic oxidation sites excluding steroid dienone is 1. The molecule has 0 bridgehead atoms. The second-order valence-electron chi connectivity index (χ2n) is 40.1. The molecule has 3 aliphatic heterocycles. The number of carbonyl (C=O) groups is 2. The van der Waals surface area contributed by atoms with Crippen LogP contribution in [0.2, 0.25) is 0 Å². The van der Waals surface area contributed by atoms with Crippen LogP contribution < -0.4 is 0 Å². The summed E-state index contributed by atoms with van der Waals surface area (Å²) < 4.78 is 37.1. The highest BCUT2D eigenvalue weighted by Crippen LogP contribution is 2.44. The number of hydrogen-bond acceptors (Lipinski definition) is 8. The summed E-state index contributed by atoms with van der Waals surface area (Å²) in [5.74, 6) is 14.9. The maximum Gasteiger partial charge on any atom is 0.222 e. The maximum absolute atomic E-state index is 13.1. The zero-order chi connectivity index (χ0) is 87.0. The molecule has 2 amide bonds. The molecule has 0 spiro atoms. The largest absolute Gasteiger partial charge is 0.352 e. The van der Waals surface area contributed by atoms with E-state index in [2.05, 4.69) is 219 Å². The van der Waals surface area contributed by atoms with E-state index in [4.69, 9.17) is 28.4 Å². The average Bonchev–Trinajstić information content (AvgIpc) is 0.841. The predicted molar refractivity (Wildman–Crippen MR) is 502 cm³/mol. The van der Waals surface area contributed by atoms with Gasteiger partial charge in [0.15, 0.2) is 18.9 Å². The van der Waals surface area contributed by atoms with Gasteiger partial charge in [-0.05, 0) is 210 Å². The van der Waals surface area contributed by atoms with Gasteiger partial charge >= 0.3 is 0 Å². The average molecular weight is 1630 g/mol. The predicted octanol–water partition coefficient (Wildman–Crippen LogP) is 31.1. The lowest BCUT2D eigenvalue weighted by Gasteiger charge is -2.43. The number of rotatable bonds is 61. The molecule has 16 unspecified atom stereocenters. The molecule has 115 heavy (non-hydrogen) atoms. The van der Waals surface area contributed by atoms with Crippen molar-refractivity contribution in [2.75, 3.05) is 46.0 Å². The molecule has 3 saturated heterocycles. The standard InChI is InChI=1S/C38H75NO3.C26H51NO3.C22H42O2.C19H40/c1-11-14-23-34(37(29(4)5)30(6)7)24-22-27-39(26-12-2)36(40)25-20-18-16-15-17-19-21-28-41-38-33(10)31(8)32(9)35(13-3)42-38;1-7-18-27(19-8-2)25(28)17-15-13-11-10-12-14-16-20-29-26-23(6)21(4)22(5)24(9-3)30-26;1-7-21-19(5)18(4)20(6)22(24-21)23-16-14-12-10-8-9-11-13-15-17(2)3;1-10-11-12-17(18(13(2)3)14(4)5)19(15(6)7)16(8)9/h29-35,37-38H,11-28H2,1-10H3;21-24,26H,7-20H2,1-6H3;18-22H,2,7-16H2,1,3-6H3;13-19H,10-12H2,1-9H3. The van der Waals surface area contributed by atoms with Crippen molar-refractivity contribution in [2.45, 2.75) is 489 Å². The van der Waals surface area contributed by atoms with Crippen LogP contribution in [0.4, 0.5) is 0 Å². The highest BCUT2D eigenvalue weighted by atomic mass is 16.7. The normalized spacial score (nSPS) is 24.2. The van der Waals surface area contributed by atoms with Crippen LogP contribution in [0.15, 0.2) is 12.2 Å². The summed E-state index contributed by atoms with van der Waals surface area (Å²) in [5.41, 5.74) is 1.32. The zero-order valence-electron chi connectivity index (χ0n) is 83.2. The fourth-order valence-corrected chi connectivity index (χ4v) is 20.8. The minimum atomic E-state index is -0.0366. The Kier molecular flexibility index (Phi) is 67.9. The molecule has 0 aromatic rings. The van der Waals surface area contributed by atoms with Gasteiger partial charge in [-0.1, -0.05) is 335 Å². The summed E-state index contributed by atoms with van der Waals surface area (Å²) in [6, 6.07) is 0. The van der Waals surface area contributed by atoms with Crippen molar-refractivity contribution in [1.29, 1.82) is 0 Å². The van der Waals surface area contributed by atoms with Crippen molar-refractivity contribution >= 4 is 11.8 Å². The second kappa shape index (κ2) is 68.8. The smallest absolute Gasteiger partial charge is 0.222 e. The lowest BCUT2D eigenvalue weighted by atomic mass is 9.63. The number of nitrogens with zero attached hydrogens (tertiary/aromatic N) is 2. The first-order chi connectivity index (χ1) is 54.7. The molecule has 16 atom stereocenters. The van der Waals surface area contributed by atoms with E-state index in [1.807, 2.05) is 4.90 Å². The number of ether oxygens (including phenoxy) is 6. The Bertz CT molecular complexity index is 2200. The molecule has 10 nitrogen and oxygen atoms in total. The van der Waals surface area contributed by atoms with Crippen molar-refractivity contribution in [1.82, 2.24) is 9.80 Å². The summed E-state index contributed by atoms with van der Waals surface area (Å²) in [4.78, 5) is 29.6. The van der Waals surface area contributed by atoms with Gasteiger partial charge in [0.1, 0.15) is 0 Å². The van der Waals surface area contributed by atoms with E-state index in [0.717, 1.165) is 195 Å². The van der Waals surface area contributed by atoms with Gasteiger partial charge in [0.2, 0.25) is 11.8 Å². The topological polar surface area (TPSA) is 96.0 Å². The Labute approximate surface area is 721 Å². The highest BCUT2D eigenvalue weighted by Gasteiger charge is 2.42. The fraction of sp³-hybridized carbons (Fsp3) is 0.962. The fourth-order valence-electron chi connectivity index (χ4n) is 20.8. The Morgan fingerprint density at radius 1 is 0.304 bits per heavy atom. The summed E-state index contributed by atoms with van der Waals surface area (Å²) in [6.07, 6.45) is 46.4. The first-order valence-corrected chi connectivity index (χ1v) is 50.8. The number of hydrogen-bond donors (Lipinski definition) is 0. The van der Waals surface area contributed by atoms with Crippen LogP contribution in [-0.4, -0.2) is 105 Å². The molecule has 0 N–H and O–H groups in total. The van der Waals surface area contributed by atoms with E-state index in [1.54, 1.807) is 0 Å². The van der Waals surface area contributed by atoms with E-state index in [9.17, 15) is 9.59 Å². The summed E-state index contributed by atoms with van der Waals surface area (Å²) >= 11 is 0. The third kappa shape index (κ3) is 47.2. The van der Waals surface area contributed by atoms with E-state index < -0.39 is 0 Å². The summed E-state index contributed by atoms with van der Waals surface area (Å²) in [6.45, 7) is 79.9. The van der Waals surface area contributed by atoms with Gasteiger partial charge in [-0.3, -0.25) is 9.59 Å². The Balaban J connectivity index is 0.00000157. The lowest BCUT2D eigenvalue weighted by molar-refractivity contribution is -0.248. The van der Waals surface area contributed by atoms with E-state index in [-0.39, 0.29) is 18.9 Å². The van der Waals surface area contributed by atoms with E-state index in [1.165, 1.54) is 166 Å². The molecule has 3 rings (SSSR count).